The highest BCUT2D eigenvalue weighted by Gasteiger charge is 2.64. The normalized spacial score (nSPS) is 31.6. The summed E-state index contributed by atoms with van der Waals surface area (Å²) in [7, 11) is 0. The molecule has 2 bridgehead atoms. The maximum Gasteiger partial charge on any atom is 0.254 e. The van der Waals surface area contributed by atoms with Crippen molar-refractivity contribution < 1.29 is 9.59 Å². The van der Waals surface area contributed by atoms with E-state index in [0.717, 1.165) is 18.5 Å². The number of piperidine rings is 1. The summed E-state index contributed by atoms with van der Waals surface area (Å²) in [6.07, 6.45) is 1.57. The average Bonchev–Trinajstić information content (AvgIpc) is 2.61. The summed E-state index contributed by atoms with van der Waals surface area (Å²) in [5.74, 6) is -0.287. The number of benzene rings is 1. The molecule has 4 nitrogen and oxygen atoms in total. The maximum absolute atomic E-state index is 12.8. The van der Waals surface area contributed by atoms with Crippen LogP contribution < -0.4 is 5.43 Å². The molecule has 1 aliphatic carbocycles. The van der Waals surface area contributed by atoms with Crippen LogP contribution in [0.3, 0.4) is 0 Å². The molecule has 1 N–H and O–H groups in total. The van der Waals surface area contributed by atoms with Gasteiger partial charge in [0.25, 0.3) is 11.8 Å². The van der Waals surface area contributed by atoms with Crippen molar-refractivity contribution in [2.75, 3.05) is 5.43 Å². The molecule has 2 atom stereocenters. The van der Waals surface area contributed by atoms with E-state index in [1.807, 2.05) is 51.1 Å². The van der Waals surface area contributed by atoms with Gasteiger partial charge in [0.15, 0.2) is 0 Å². The summed E-state index contributed by atoms with van der Waals surface area (Å²) >= 11 is 0. The van der Waals surface area contributed by atoms with Crippen molar-refractivity contribution in [3.05, 3.63) is 30.3 Å². The zero-order valence-electron chi connectivity index (χ0n) is 12.1. The first-order valence-electron chi connectivity index (χ1n) is 7.08. The van der Waals surface area contributed by atoms with Crippen molar-refractivity contribution in [2.45, 2.75) is 33.6 Å². The van der Waals surface area contributed by atoms with Crippen molar-refractivity contribution in [1.82, 2.24) is 5.01 Å². The fraction of sp³-hybridized carbons (Fsp3) is 0.500. The van der Waals surface area contributed by atoms with Gasteiger partial charge in [0, 0.05) is 5.92 Å². The van der Waals surface area contributed by atoms with E-state index in [1.165, 1.54) is 5.01 Å². The molecule has 106 valence electrons. The molecule has 2 amide bonds. The number of hydrogen-bond donors (Lipinski definition) is 1. The largest absolute Gasteiger partial charge is 0.289 e. The summed E-state index contributed by atoms with van der Waals surface area (Å²) in [6.45, 7) is 6.07. The fourth-order valence-corrected chi connectivity index (χ4v) is 3.57. The second-order valence-electron chi connectivity index (χ2n) is 6.60. The molecule has 4 heteroatoms. The molecule has 0 spiro atoms. The van der Waals surface area contributed by atoms with Crippen LogP contribution in [0.5, 0.6) is 0 Å². The quantitative estimate of drug-likeness (QED) is 0.842. The number of hydrogen-bond acceptors (Lipinski definition) is 3. The van der Waals surface area contributed by atoms with Gasteiger partial charge in [-0.15, -0.1) is 0 Å². The van der Waals surface area contributed by atoms with E-state index in [2.05, 4.69) is 5.43 Å². The number of fused-ring (bicyclic) bond motifs is 2. The first-order valence-corrected chi connectivity index (χ1v) is 7.08. The second kappa shape index (κ2) is 4.08. The Balaban J connectivity index is 1.95. The molecule has 1 aliphatic heterocycles. The monoisotopic (exact) mass is 272 g/mol. The molecule has 0 aromatic heterocycles. The third-order valence-corrected chi connectivity index (χ3v) is 5.43. The van der Waals surface area contributed by atoms with Crippen LogP contribution in [-0.4, -0.2) is 16.8 Å². The van der Waals surface area contributed by atoms with Crippen LogP contribution in [0.25, 0.3) is 0 Å². The highest BCUT2D eigenvalue weighted by Crippen LogP contribution is 2.59. The maximum atomic E-state index is 12.8. The fourth-order valence-electron chi connectivity index (χ4n) is 3.57. The molecule has 3 rings (SSSR count). The van der Waals surface area contributed by atoms with Gasteiger partial charge in [0.1, 0.15) is 0 Å². The first-order chi connectivity index (χ1) is 9.38. The van der Waals surface area contributed by atoms with Gasteiger partial charge in [-0.3, -0.25) is 15.0 Å². The average molecular weight is 272 g/mol. The number of hydrazine groups is 1. The number of imide groups is 1. The Kier molecular flexibility index (Phi) is 2.68. The molecule has 1 saturated heterocycles. The van der Waals surface area contributed by atoms with E-state index in [9.17, 15) is 9.59 Å². The van der Waals surface area contributed by atoms with Crippen LogP contribution in [0.2, 0.25) is 0 Å². The van der Waals surface area contributed by atoms with Gasteiger partial charge in [-0.25, -0.2) is 0 Å². The van der Waals surface area contributed by atoms with Gasteiger partial charge < -0.3 is 0 Å². The number of carbonyl (C=O) groups is 2. The number of rotatable bonds is 2. The van der Waals surface area contributed by atoms with Gasteiger partial charge in [0.05, 0.1) is 11.1 Å². The van der Waals surface area contributed by atoms with E-state index in [-0.39, 0.29) is 23.1 Å². The van der Waals surface area contributed by atoms with Gasteiger partial charge in [0.2, 0.25) is 0 Å². The van der Waals surface area contributed by atoms with Crippen LogP contribution in [0.4, 0.5) is 5.69 Å². The summed E-state index contributed by atoms with van der Waals surface area (Å²) in [4.78, 5) is 25.4. The van der Waals surface area contributed by atoms with Crippen molar-refractivity contribution in [2.24, 2.45) is 16.7 Å². The van der Waals surface area contributed by atoms with Crippen molar-refractivity contribution >= 4 is 17.5 Å². The first kappa shape index (κ1) is 13.2. The molecule has 1 aromatic carbocycles. The lowest BCUT2D eigenvalue weighted by Crippen LogP contribution is -2.60. The predicted molar refractivity (Wildman–Crippen MR) is 76.5 cm³/mol. The third-order valence-electron chi connectivity index (χ3n) is 5.43. The van der Waals surface area contributed by atoms with E-state index in [4.69, 9.17) is 0 Å². The molecular formula is C16H20N2O2. The molecule has 2 aliphatic rings. The summed E-state index contributed by atoms with van der Waals surface area (Å²) < 4.78 is 0. The van der Waals surface area contributed by atoms with E-state index < -0.39 is 5.41 Å². The minimum absolute atomic E-state index is 0.0820. The number of para-hydroxylation sites is 1. The predicted octanol–water partition coefficient (Wildman–Crippen LogP) is 2.82. The van der Waals surface area contributed by atoms with Crippen LogP contribution in [-0.2, 0) is 9.59 Å². The Labute approximate surface area is 119 Å². The standard InChI is InChI=1S/C16H20N2O2/c1-15(2)12-9-10-16(15,3)14(20)18(13(12)19)17-11-7-5-4-6-8-11/h4-8,12,17H,9-10H2,1-3H3/t12-,16+/m1/s1. The lowest BCUT2D eigenvalue weighted by Gasteiger charge is -2.47. The SMILES string of the molecule is CC1(C)[C@@H]2CC[C@@]1(C)C(=O)N(Nc1ccccc1)C2=O. The molecular weight excluding hydrogens is 252 g/mol. The zero-order chi connectivity index (χ0) is 14.5. The Morgan fingerprint density at radius 1 is 1.15 bits per heavy atom. The summed E-state index contributed by atoms with van der Waals surface area (Å²) in [5, 5.41) is 1.23. The summed E-state index contributed by atoms with van der Waals surface area (Å²) in [6, 6.07) is 9.36. The topological polar surface area (TPSA) is 49.4 Å². The van der Waals surface area contributed by atoms with E-state index in [1.54, 1.807) is 0 Å². The lowest BCUT2D eigenvalue weighted by molar-refractivity contribution is -0.165. The van der Waals surface area contributed by atoms with Crippen LogP contribution in [0, 0.1) is 16.7 Å². The Bertz CT molecular complexity index is 567. The van der Waals surface area contributed by atoms with Gasteiger partial charge >= 0.3 is 0 Å². The van der Waals surface area contributed by atoms with Crippen molar-refractivity contribution in [3.63, 3.8) is 0 Å². The van der Waals surface area contributed by atoms with Crippen LogP contribution in [0.15, 0.2) is 30.3 Å². The lowest BCUT2D eigenvalue weighted by atomic mass is 9.63. The van der Waals surface area contributed by atoms with Gasteiger partial charge in [-0.1, -0.05) is 39.0 Å². The molecule has 0 radical (unpaired) electrons. The van der Waals surface area contributed by atoms with Gasteiger partial charge in [-0.05, 0) is 30.4 Å². The minimum Gasteiger partial charge on any atom is -0.289 e. The van der Waals surface area contributed by atoms with Gasteiger partial charge in [-0.2, -0.15) is 5.01 Å². The highest BCUT2D eigenvalue weighted by atomic mass is 16.2. The second-order valence-corrected chi connectivity index (χ2v) is 6.60. The zero-order valence-corrected chi connectivity index (χ0v) is 12.1. The number of nitrogens with zero attached hydrogens (tertiary/aromatic N) is 1. The molecule has 1 heterocycles. The van der Waals surface area contributed by atoms with E-state index in [0.29, 0.717) is 0 Å². The third kappa shape index (κ3) is 1.54. The van der Waals surface area contributed by atoms with E-state index >= 15 is 0 Å². The Morgan fingerprint density at radius 2 is 1.80 bits per heavy atom. The summed E-state index contributed by atoms with van der Waals surface area (Å²) in [5.41, 5.74) is 3.01. The molecule has 2 fully saturated rings. The molecule has 0 unspecified atom stereocenters. The Hall–Kier alpha value is -1.84. The number of carbonyl (C=O) groups excluding carboxylic acids is 2. The van der Waals surface area contributed by atoms with Crippen molar-refractivity contribution in [1.29, 1.82) is 0 Å². The van der Waals surface area contributed by atoms with Crippen LogP contribution >= 0.6 is 0 Å². The molecule has 1 saturated carbocycles. The minimum atomic E-state index is -0.465. The number of amides is 2. The molecule has 20 heavy (non-hydrogen) atoms. The Morgan fingerprint density at radius 3 is 2.45 bits per heavy atom. The number of nitrogens with one attached hydrogen (secondary N) is 1. The highest BCUT2D eigenvalue weighted by molar-refractivity contribution is 6.04. The van der Waals surface area contributed by atoms with Crippen LogP contribution in [0.1, 0.15) is 33.6 Å². The van der Waals surface area contributed by atoms with Crippen molar-refractivity contribution in [3.8, 4) is 0 Å². The molecule has 1 aromatic rings. The number of anilines is 1. The smallest absolute Gasteiger partial charge is 0.254 e.